The van der Waals surface area contributed by atoms with E-state index in [9.17, 15) is 5.11 Å². The van der Waals surface area contributed by atoms with Crippen molar-refractivity contribution in [2.24, 2.45) is 5.73 Å². The number of methoxy groups -OCH3 is 1. The molecule has 1 heterocycles. The van der Waals surface area contributed by atoms with Gasteiger partial charge < -0.3 is 20.1 Å². The zero-order chi connectivity index (χ0) is 11.5. The maximum Gasteiger partial charge on any atom is 0.240 e. The second kappa shape index (κ2) is 4.19. The molecule has 3 N–H and O–H groups in total. The van der Waals surface area contributed by atoms with Crippen molar-refractivity contribution in [3.8, 4) is 22.9 Å². The van der Waals surface area contributed by atoms with Gasteiger partial charge >= 0.3 is 0 Å². The topological polar surface area (TPSA) is 94.4 Å². The molecule has 0 aliphatic heterocycles. The van der Waals surface area contributed by atoms with Crippen molar-refractivity contribution < 1.29 is 14.4 Å². The minimum atomic E-state index is 0.114. The molecule has 0 fully saturated rings. The Kier molecular flexibility index (Phi) is 2.74. The van der Waals surface area contributed by atoms with Gasteiger partial charge in [0, 0.05) is 6.07 Å². The molecule has 0 unspecified atom stereocenters. The highest BCUT2D eigenvalue weighted by atomic mass is 16.5. The van der Waals surface area contributed by atoms with E-state index >= 15 is 0 Å². The molecule has 2 aromatic rings. The van der Waals surface area contributed by atoms with E-state index in [0.29, 0.717) is 23.0 Å². The van der Waals surface area contributed by atoms with E-state index in [1.165, 1.54) is 19.2 Å². The Balaban J connectivity index is 2.46. The van der Waals surface area contributed by atoms with Gasteiger partial charge in [-0.2, -0.15) is 4.98 Å². The lowest BCUT2D eigenvalue weighted by atomic mass is 10.2. The van der Waals surface area contributed by atoms with Gasteiger partial charge in [-0.1, -0.05) is 5.16 Å². The smallest absolute Gasteiger partial charge is 0.240 e. The van der Waals surface area contributed by atoms with Crippen LogP contribution in [0.15, 0.2) is 22.7 Å². The molecule has 0 aliphatic carbocycles. The first kappa shape index (κ1) is 10.4. The third-order valence-corrected chi connectivity index (χ3v) is 2.07. The number of ether oxygens (including phenoxy) is 1. The Morgan fingerprint density at radius 1 is 1.50 bits per heavy atom. The molecule has 16 heavy (non-hydrogen) atoms. The van der Waals surface area contributed by atoms with Crippen molar-refractivity contribution in [2.75, 3.05) is 7.11 Å². The number of nitrogens with two attached hydrogens (primary N) is 1. The summed E-state index contributed by atoms with van der Waals surface area (Å²) in [6.07, 6.45) is 0. The number of rotatable bonds is 3. The summed E-state index contributed by atoms with van der Waals surface area (Å²) in [5.41, 5.74) is 6.01. The summed E-state index contributed by atoms with van der Waals surface area (Å²) in [6, 6.07) is 4.66. The fourth-order valence-electron chi connectivity index (χ4n) is 1.31. The summed E-state index contributed by atoms with van der Waals surface area (Å²) in [4.78, 5) is 4.07. The minimum Gasteiger partial charge on any atom is -0.508 e. The molecule has 0 amide bonds. The van der Waals surface area contributed by atoms with Gasteiger partial charge in [0.2, 0.25) is 11.7 Å². The second-order valence-corrected chi connectivity index (χ2v) is 3.10. The summed E-state index contributed by atoms with van der Waals surface area (Å²) >= 11 is 0. The zero-order valence-corrected chi connectivity index (χ0v) is 8.67. The predicted molar refractivity (Wildman–Crippen MR) is 55.8 cm³/mol. The van der Waals surface area contributed by atoms with E-state index in [1.54, 1.807) is 6.07 Å². The van der Waals surface area contributed by atoms with Crippen LogP contribution in [0.25, 0.3) is 11.4 Å². The predicted octanol–water partition coefficient (Wildman–Crippen LogP) is 0.909. The van der Waals surface area contributed by atoms with Crippen LogP contribution in [0.5, 0.6) is 11.5 Å². The average Bonchev–Trinajstić information content (AvgIpc) is 2.77. The Morgan fingerprint density at radius 3 is 2.94 bits per heavy atom. The number of aromatic nitrogens is 2. The molecule has 0 saturated heterocycles. The van der Waals surface area contributed by atoms with Gasteiger partial charge in [0.05, 0.1) is 19.2 Å². The van der Waals surface area contributed by atoms with Gasteiger partial charge in [0.1, 0.15) is 11.5 Å². The van der Waals surface area contributed by atoms with Crippen LogP contribution in [0.2, 0.25) is 0 Å². The van der Waals surface area contributed by atoms with E-state index in [2.05, 4.69) is 10.1 Å². The number of benzene rings is 1. The van der Waals surface area contributed by atoms with Crippen LogP contribution < -0.4 is 10.5 Å². The van der Waals surface area contributed by atoms with Gasteiger partial charge in [-0.15, -0.1) is 0 Å². The van der Waals surface area contributed by atoms with Gasteiger partial charge in [-0.05, 0) is 12.1 Å². The van der Waals surface area contributed by atoms with Gasteiger partial charge in [0.15, 0.2) is 0 Å². The molecule has 1 aromatic carbocycles. The Morgan fingerprint density at radius 2 is 2.31 bits per heavy atom. The zero-order valence-electron chi connectivity index (χ0n) is 8.67. The normalized spacial score (nSPS) is 10.4. The van der Waals surface area contributed by atoms with Crippen LogP contribution >= 0.6 is 0 Å². The third kappa shape index (κ3) is 1.82. The first-order chi connectivity index (χ1) is 7.74. The largest absolute Gasteiger partial charge is 0.508 e. The summed E-state index contributed by atoms with van der Waals surface area (Å²) < 4.78 is 10.0. The third-order valence-electron chi connectivity index (χ3n) is 2.07. The van der Waals surface area contributed by atoms with Gasteiger partial charge in [0.25, 0.3) is 0 Å². The van der Waals surface area contributed by atoms with E-state index in [1.807, 2.05) is 0 Å². The van der Waals surface area contributed by atoms with Crippen molar-refractivity contribution >= 4 is 0 Å². The Bertz CT molecular complexity index is 496. The maximum atomic E-state index is 9.30. The molecular formula is C10H11N3O3. The summed E-state index contributed by atoms with van der Waals surface area (Å²) in [5, 5.41) is 13.1. The highest BCUT2D eigenvalue weighted by Crippen LogP contribution is 2.30. The first-order valence-electron chi connectivity index (χ1n) is 4.64. The van der Waals surface area contributed by atoms with Crippen molar-refractivity contribution in [3.63, 3.8) is 0 Å². The highest BCUT2D eigenvalue weighted by Gasteiger charge is 2.12. The van der Waals surface area contributed by atoms with Crippen LogP contribution in [0.4, 0.5) is 0 Å². The quantitative estimate of drug-likeness (QED) is 0.799. The molecule has 0 bridgehead atoms. The maximum absolute atomic E-state index is 9.30. The molecule has 6 heteroatoms. The van der Waals surface area contributed by atoms with Gasteiger partial charge in [-0.25, -0.2) is 0 Å². The van der Waals surface area contributed by atoms with Crippen molar-refractivity contribution in [1.29, 1.82) is 0 Å². The molecule has 1 aromatic heterocycles. The van der Waals surface area contributed by atoms with Crippen LogP contribution in [-0.4, -0.2) is 22.4 Å². The van der Waals surface area contributed by atoms with Crippen molar-refractivity contribution in [3.05, 3.63) is 24.1 Å². The summed E-state index contributed by atoms with van der Waals surface area (Å²) in [6.45, 7) is 0.188. The Hall–Kier alpha value is -2.08. The van der Waals surface area contributed by atoms with Crippen molar-refractivity contribution in [1.82, 2.24) is 10.1 Å². The van der Waals surface area contributed by atoms with Crippen LogP contribution in [0.1, 0.15) is 5.89 Å². The van der Waals surface area contributed by atoms with Crippen molar-refractivity contribution in [2.45, 2.75) is 6.54 Å². The Labute approximate surface area is 91.7 Å². The summed E-state index contributed by atoms with van der Waals surface area (Å²) in [7, 11) is 1.50. The lowest BCUT2D eigenvalue weighted by Crippen LogP contribution is -1.96. The van der Waals surface area contributed by atoms with Gasteiger partial charge in [-0.3, -0.25) is 0 Å². The SMILES string of the molecule is COc1cc(O)ccc1-c1noc(CN)n1. The molecule has 0 spiro atoms. The van der Waals surface area contributed by atoms with Crippen LogP contribution in [-0.2, 0) is 6.54 Å². The van der Waals surface area contributed by atoms with E-state index in [-0.39, 0.29) is 12.3 Å². The first-order valence-corrected chi connectivity index (χ1v) is 4.64. The lowest BCUT2D eigenvalue weighted by molar-refractivity contribution is 0.379. The fourth-order valence-corrected chi connectivity index (χ4v) is 1.31. The fraction of sp³-hybridized carbons (Fsp3) is 0.200. The number of phenolic OH excluding ortho intramolecular Hbond substituents is 1. The lowest BCUT2D eigenvalue weighted by Gasteiger charge is -2.04. The monoisotopic (exact) mass is 221 g/mol. The average molecular weight is 221 g/mol. The molecule has 0 atom stereocenters. The molecule has 6 nitrogen and oxygen atoms in total. The number of hydrogen-bond donors (Lipinski definition) is 2. The number of phenols is 1. The summed E-state index contributed by atoms with van der Waals surface area (Å²) in [5.74, 6) is 1.33. The van der Waals surface area contributed by atoms with Crippen LogP contribution in [0.3, 0.4) is 0 Å². The molecule has 84 valence electrons. The minimum absolute atomic E-state index is 0.114. The second-order valence-electron chi connectivity index (χ2n) is 3.10. The number of hydrogen-bond acceptors (Lipinski definition) is 6. The van der Waals surface area contributed by atoms with E-state index in [0.717, 1.165) is 0 Å². The number of nitrogens with zero attached hydrogens (tertiary/aromatic N) is 2. The molecule has 2 rings (SSSR count). The molecule has 0 radical (unpaired) electrons. The molecular weight excluding hydrogens is 210 g/mol. The van der Waals surface area contributed by atoms with Crippen LogP contribution in [0, 0.1) is 0 Å². The highest BCUT2D eigenvalue weighted by molar-refractivity contribution is 5.65. The number of aromatic hydroxyl groups is 1. The standard InChI is InChI=1S/C10H11N3O3/c1-15-8-4-6(14)2-3-7(8)10-12-9(5-11)16-13-10/h2-4,14H,5,11H2,1H3. The molecule has 0 aliphatic rings. The molecule has 0 saturated carbocycles. The van der Waals surface area contributed by atoms with E-state index in [4.69, 9.17) is 15.0 Å². The van der Waals surface area contributed by atoms with E-state index < -0.39 is 0 Å².